The Morgan fingerprint density at radius 3 is 2.62 bits per heavy atom. The van der Waals surface area contributed by atoms with Gasteiger partial charge in [-0.25, -0.2) is 0 Å². The number of ether oxygens (including phenoxy) is 1. The molecule has 1 aromatic rings. The summed E-state index contributed by atoms with van der Waals surface area (Å²) in [4.78, 5) is 23.6. The fraction of sp³-hybridized carbons (Fsp3) is 0.333. The van der Waals surface area contributed by atoms with Gasteiger partial charge in [-0.3, -0.25) is 9.59 Å². The predicted octanol–water partition coefficient (Wildman–Crippen LogP) is 1.22. The molecule has 4 heteroatoms. The zero-order valence-corrected chi connectivity index (χ0v) is 9.11. The van der Waals surface area contributed by atoms with Gasteiger partial charge in [0.05, 0.1) is 7.11 Å². The van der Waals surface area contributed by atoms with Gasteiger partial charge in [-0.2, -0.15) is 0 Å². The Labute approximate surface area is 92.8 Å². The Morgan fingerprint density at radius 2 is 2.00 bits per heavy atom. The van der Waals surface area contributed by atoms with E-state index in [9.17, 15) is 14.7 Å². The van der Waals surface area contributed by atoms with E-state index < -0.39 is 11.4 Å². The number of carbonyl (C=O) groups is 2. The van der Waals surface area contributed by atoms with Crippen molar-refractivity contribution in [3.63, 3.8) is 0 Å². The van der Waals surface area contributed by atoms with E-state index in [2.05, 4.69) is 0 Å². The maximum atomic E-state index is 11.8. The second-order valence-corrected chi connectivity index (χ2v) is 4.11. The molecule has 0 aliphatic heterocycles. The summed E-state index contributed by atoms with van der Waals surface area (Å²) in [6.07, 6.45) is -0.175. The molecule has 0 fully saturated rings. The summed E-state index contributed by atoms with van der Waals surface area (Å²) in [5.74, 6) is -0.121. The molecule has 0 unspecified atom stereocenters. The fourth-order valence-electron chi connectivity index (χ4n) is 1.86. The standard InChI is InChI=1S/C12H12O4/c1-12(15)6-10(13)9-5-7(16-2)3-4-8(9)11(12)14/h3-5,15H,6H2,1-2H3/t12-/m1/s1. The highest BCUT2D eigenvalue weighted by Crippen LogP contribution is 2.30. The second kappa shape index (κ2) is 3.42. The second-order valence-electron chi connectivity index (χ2n) is 4.11. The van der Waals surface area contributed by atoms with Gasteiger partial charge < -0.3 is 9.84 Å². The topological polar surface area (TPSA) is 63.6 Å². The van der Waals surface area contributed by atoms with Crippen LogP contribution in [0.25, 0.3) is 0 Å². The molecule has 84 valence electrons. The largest absolute Gasteiger partial charge is 0.497 e. The summed E-state index contributed by atoms with van der Waals surface area (Å²) >= 11 is 0. The number of hydrogen-bond donors (Lipinski definition) is 1. The van der Waals surface area contributed by atoms with Gasteiger partial charge in [-0.1, -0.05) is 0 Å². The van der Waals surface area contributed by atoms with E-state index in [0.29, 0.717) is 11.3 Å². The van der Waals surface area contributed by atoms with E-state index in [-0.39, 0.29) is 17.8 Å². The minimum atomic E-state index is -1.58. The van der Waals surface area contributed by atoms with E-state index in [0.717, 1.165) is 0 Å². The van der Waals surface area contributed by atoms with Crippen LogP contribution in [0.15, 0.2) is 18.2 Å². The fourth-order valence-corrected chi connectivity index (χ4v) is 1.86. The molecule has 2 rings (SSSR count). The highest BCUT2D eigenvalue weighted by molar-refractivity contribution is 6.17. The molecule has 1 atom stereocenters. The zero-order valence-electron chi connectivity index (χ0n) is 9.11. The van der Waals surface area contributed by atoms with Gasteiger partial charge in [0.15, 0.2) is 11.6 Å². The Morgan fingerprint density at radius 1 is 1.31 bits per heavy atom. The van der Waals surface area contributed by atoms with Gasteiger partial charge in [-0.05, 0) is 25.1 Å². The molecule has 0 spiro atoms. The third-order valence-corrected chi connectivity index (χ3v) is 2.77. The lowest BCUT2D eigenvalue weighted by Crippen LogP contribution is -2.42. The molecule has 0 saturated heterocycles. The number of Topliss-reactive ketones (excluding diaryl/α,β-unsaturated/α-hetero) is 2. The van der Waals surface area contributed by atoms with Crippen LogP contribution >= 0.6 is 0 Å². The minimum Gasteiger partial charge on any atom is -0.497 e. The monoisotopic (exact) mass is 220 g/mol. The van der Waals surface area contributed by atoms with Crippen LogP contribution in [0.4, 0.5) is 0 Å². The molecule has 0 amide bonds. The van der Waals surface area contributed by atoms with Gasteiger partial charge in [0, 0.05) is 17.5 Å². The van der Waals surface area contributed by atoms with Gasteiger partial charge >= 0.3 is 0 Å². The molecule has 0 aromatic heterocycles. The van der Waals surface area contributed by atoms with Crippen molar-refractivity contribution in [2.45, 2.75) is 18.9 Å². The Bertz CT molecular complexity index is 474. The van der Waals surface area contributed by atoms with Crippen molar-refractivity contribution in [3.05, 3.63) is 29.3 Å². The molecule has 0 heterocycles. The van der Waals surface area contributed by atoms with Crippen molar-refractivity contribution in [2.75, 3.05) is 7.11 Å². The van der Waals surface area contributed by atoms with Crippen molar-refractivity contribution in [3.8, 4) is 5.75 Å². The van der Waals surface area contributed by atoms with Gasteiger partial charge in [0.25, 0.3) is 0 Å². The third kappa shape index (κ3) is 1.51. The van der Waals surface area contributed by atoms with Crippen molar-refractivity contribution in [1.82, 2.24) is 0 Å². The zero-order chi connectivity index (χ0) is 11.9. The maximum absolute atomic E-state index is 11.8. The maximum Gasteiger partial charge on any atom is 0.195 e. The predicted molar refractivity (Wildman–Crippen MR) is 56.9 cm³/mol. The first-order valence-corrected chi connectivity index (χ1v) is 4.94. The molecule has 1 aliphatic rings. The average molecular weight is 220 g/mol. The summed E-state index contributed by atoms with van der Waals surface area (Å²) < 4.78 is 4.99. The van der Waals surface area contributed by atoms with Crippen LogP contribution in [0.1, 0.15) is 34.1 Å². The average Bonchev–Trinajstić information content (AvgIpc) is 2.25. The Hall–Kier alpha value is -1.68. The summed E-state index contributed by atoms with van der Waals surface area (Å²) in [5.41, 5.74) is -0.989. The molecular formula is C12H12O4. The number of benzene rings is 1. The molecular weight excluding hydrogens is 208 g/mol. The number of carbonyl (C=O) groups excluding carboxylic acids is 2. The minimum absolute atomic E-state index is 0.175. The van der Waals surface area contributed by atoms with Crippen LogP contribution in [0.3, 0.4) is 0 Å². The molecule has 0 saturated carbocycles. The van der Waals surface area contributed by atoms with Crippen molar-refractivity contribution >= 4 is 11.6 Å². The highest BCUT2D eigenvalue weighted by Gasteiger charge is 2.40. The van der Waals surface area contributed by atoms with Gasteiger partial charge in [0.1, 0.15) is 11.4 Å². The van der Waals surface area contributed by atoms with Crippen LogP contribution in [0.2, 0.25) is 0 Å². The van der Waals surface area contributed by atoms with E-state index in [1.807, 2.05) is 0 Å². The SMILES string of the molecule is COc1ccc2c(c1)C(=O)C[C@@](C)(O)C2=O. The van der Waals surface area contributed by atoms with E-state index in [4.69, 9.17) is 4.74 Å². The summed E-state index contributed by atoms with van der Waals surface area (Å²) in [6, 6.07) is 4.65. The Kier molecular flexibility index (Phi) is 2.31. The normalized spacial score (nSPS) is 24.2. The van der Waals surface area contributed by atoms with E-state index in [1.54, 1.807) is 6.07 Å². The van der Waals surface area contributed by atoms with Gasteiger partial charge in [-0.15, -0.1) is 0 Å². The number of methoxy groups -OCH3 is 1. The van der Waals surface area contributed by atoms with Gasteiger partial charge in [0.2, 0.25) is 0 Å². The first-order valence-electron chi connectivity index (χ1n) is 4.94. The molecule has 0 bridgehead atoms. The number of ketones is 2. The first kappa shape index (κ1) is 10.8. The number of rotatable bonds is 1. The van der Waals surface area contributed by atoms with Crippen LogP contribution < -0.4 is 4.74 Å². The first-order chi connectivity index (χ1) is 7.45. The summed E-state index contributed by atoms with van der Waals surface area (Å²) in [7, 11) is 1.49. The van der Waals surface area contributed by atoms with Crippen LogP contribution in [-0.2, 0) is 0 Å². The molecule has 0 radical (unpaired) electrons. The lowest BCUT2D eigenvalue weighted by molar-refractivity contribution is 0.0327. The smallest absolute Gasteiger partial charge is 0.195 e. The summed E-state index contributed by atoms with van der Waals surface area (Å²) in [6.45, 7) is 1.36. The lowest BCUT2D eigenvalue weighted by atomic mass is 9.80. The number of aliphatic hydroxyl groups is 1. The highest BCUT2D eigenvalue weighted by atomic mass is 16.5. The molecule has 1 N–H and O–H groups in total. The van der Waals surface area contributed by atoms with E-state index in [1.165, 1.54) is 26.2 Å². The van der Waals surface area contributed by atoms with E-state index >= 15 is 0 Å². The lowest BCUT2D eigenvalue weighted by Gasteiger charge is -2.27. The van der Waals surface area contributed by atoms with Crippen molar-refractivity contribution < 1.29 is 19.4 Å². The molecule has 4 nitrogen and oxygen atoms in total. The quantitative estimate of drug-likeness (QED) is 0.772. The number of hydrogen-bond acceptors (Lipinski definition) is 4. The molecule has 16 heavy (non-hydrogen) atoms. The third-order valence-electron chi connectivity index (χ3n) is 2.77. The van der Waals surface area contributed by atoms with Crippen LogP contribution in [0.5, 0.6) is 5.75 Å². The van der Waals surface area contributed by atoms with Crippen LogP contribution in [0, 0.1) is 0 Å². The van der Waals surface area contributed by atoms with Crippen molar-refractivity contribution in [2.24, 2.45) is 0 Å². The molecule has 1 aromatic carbocycles. The van der Waals surface area contributed by atoms with Crippen LogP contribution in [-0.4, -0.2) is 29.4 Å². The summed E-state index contributed by atoms with van der Waals surface area (Å²) in [5, 5.41) is 9.79. The Balaban J connectivity index is 2.59. The molecule has 1 aliphatic carbocycles. The van der Waals surface area contributed by atoms with Crippen molar-refractivity contribution in [1.29, 1.82) is 0 Å². The number of fused-ring (bicyclic) bond motifs is 1.